The monoisotopic (exact) mass is 426 g/mol. The van der Waals surface area contributed by atoms with E-state index in [4.69, 9.17) is 19.9 Å². The predicted molar refractivity (Wildman–Crippen MR) is 129 cm³/mol. The number of para-hydroxylation sites is 1. The van der Waals surface area contributed by atoms with Gasteiger partial charge in [-0.25, -0.2) is 4.99 Å². The molecule has 0 spiro atoms. The van der Waals surface area contributed by atoms with E-state index in [0.717, 1.165) is 51.1 Å². The van der Waals surface area contributed by atoms with Crippen molar-refractivity contribution in [1.29, 1.82) is 5.41 Å². The molecule has 1 N–H and O–H groups in total. The van der Waals surface area contributed by atoms with Gasteiger partial charge in [0.1, 0.15) is 17.3 Å². The molecular formula is C26H26N4O2. The largest absolute Gasteiger partial charge is 0.496 e. The fourth-order valence-corrected chi connectivity index (χ4v) is 4.32. The van der Waals surface area contributed by atoms with Crippen LogP contribution in [-0.4, -0.2) is 62.5 Å². The number of likely N-dealkylation sites (N-methyl/N-ethyl adjacent to an activating group) is 1. The van der Waals surface area contributed by atoms with Crippen LogP contribution in [0.4, 0.5) is 0 Å². The molecular weight excluding hydrogens is 400 g/mol. The zero-order valence-corrected chi connectivity index (χ0v) is 18.5. The van der Waals surface area contributed by atoms with Gasteiger partial charge in [-0.1, -0.05) is 48.5 Å². The molecule has 0 saturated heterocycles. The number of ether oxygens (including phenoxy) is 2. The molecule has 1 atom stereocenters. The van der Waals surface area contributed by atoms with E-state index in [1.165, 1.54) is 0 Å². The van der Waals surface area contributed by atoms with Gasteiger partial charge in [0.2, 0.25) is 6.23 Å². The van der Waals surface area contributed by atoms with Crippen LogP contribution in [0.15, 0.2) is 71.2 Å². The average molecular weight is 427 g/mol. The summed E-state index contributed by atoms with van der Waals surface area (Å²) in [6, 6.07) is 20.3. The van der Waals surface area contributed by atoms with Crippen LogP contribution in [0.25, 0.3) is 16.3 Å². The molecule has 5 rings (SSSR count). The highest BCUT2D eigenvalue weighted by Crippen LogP contribution is 2.46. The number of hydrogen-bond acceptors (Lipinski definition) is 5. The van der Waals surface area contributed by atoms with E-state index in [2.05, 4.69) is 29.2 Å². The number of fused-ring (bicyclic) bond motifs is 4. The third-order valence-electron chi connectivity index (χ3n) is 5.94. The van der Waals surface area contributed by atoms with Crippen molar-refractivity contribution in [3.05, 3.63) is 77.4 Å². The zero-order valence-electron chi connectivity index (χ0n) is 18.5. The first kappa shape index (κ1) is 20.3. The van der Waals surface area contributed by atoms with Gasteiger partial charge in [-0.05, 0) is 31.6 Å². The summed E-state index contributed by atoms with van der Waals surface area (Å²) < 4.78 is 12.2. The van der Waals surface area contributed by atoms with E-state index in [1.807, 2.05) is 55.4 Å². The third kappa shape index (κ3) is 3.33. The van der Waals surface area contributed by atoms with Gasteiger partial charge in [-0.2, -0.15) is 0 Å². The van der Waals surface area contributed by atoms with E-state index in [9.17, 15) is 0 Å². The number of hydrogen-bond donors (Lipinski definition) is 1. The SMILES string of the molecule is COc1ccccc1C1=C2C(=N)N(CCN(C)C)C=N[C@H]2Oc2c1ccc1ccccc21. The number of rotatable bonds is 5. The molecule has 162 valence electrons. The number of benzene rings is 3. The molecule has 3 aromatic rings. The zero-order chi connectivity index (χ0) is 22.2. The van der Waals surface area contributed by atoms with Crippen molar-refractivity contribution >= 4 is 28.5 Å². The molecule has 0 bridgehead atoms. The van der Waals surface area contributed by atoms with E-state index in [-0.39, 0.29) is 0 Å². The van der Waals surface area contributed by atoms with Crippen molar-refractivity contribution < 1.29 is 9.47 Å². The Hall–Kier alpha value is -3.64. The van der Waals surface area contributed by atoms with Crippen molar-refractivity contribution in [1.82, 2.24) is 9.80 Å². The molecule has 0 aliphatic carbocycles. The molecule has 0 unspecified atom stereocenters. The van der Waals surface area contributed by atoms with Crippen LogP contribution in [0.5, 0.6) is 11.5 Å². The van der Waals surface area contributed by atoms with Crippen molar-refractivity contribution in [3.63, 3.8) is 0 Å². The van der Waals surface area contributed by atoms with E-state index in [1.54, 1.807) is 13.4 Å². The summed E-state index contributed by atoms with van der Waals surface area (Å²) in [5.41, 5.74) is 3.59. The number of nitrogens with zero attached hydrogens (tertiary/aromatic N) is 3. The lowest BCUT2D eigenvalue weighted by molar-refractivity contribution is 0.244. The Morgan fingerprint density at radius 2 is 1.81 bits per heavy atom. The second kappa shape index (κ2) is 8.13. The first-order valence-electron chi connectivity index (χ1n) is 10.7. The Morgan fingerprint density at radius 1 is 1.03 bits per heavy atom. The van der Waals surface area contributed by atoms with Gasteiger partial charge >= 0.3 is 0 Å². The van der Waals surface area contributed by atoms with Gasteiger partial charge in [0.05, 0.1) is 19.0 Å². The van der Waals surface area contributed by atoms with Gasteiger partial charge in [0, 0.05) is 35.2 Å². The minimum absolute atomic E-state index is 0.409. The van der Waals surface area contributed by atoms with Gasteiger partial charge in [-0.3, -0.25) is 5.41 Å². The molecule has 6 heteroatoms. The lowest BCUT2D eigenvalue weighted by atomic mass is 9.86. The molecule has 0 radical (unpaired) electrons. The second-order valence-corrected chi connectivity index (χ2v) is 8.23. The van der Waals surface area contributed by atoms with Gasteiger partial charge in [0.25, 0.3) is 0 Å². The first-order chi connectivity index (χ1) is 15.6. The standard InChI is InChI=1S/C26H26N4O2/c1-29(2)14-15-30-16-28-26-23(25(30)27)22(19-10-6-7-11-21(19)31-3)20-13-12-17-8-4-5-9-18(17)24(20)32-26/h4-13,16,26-27H,14-15H2,1-3H3/t26-/m0/s1. The summed E-state index contributed by atoms with van der Waals surface area (Å²) in [6.45, 7) is 1.49. The van der Waals surface area contributed by atoms with Crippen LogP contribution in [0.2, 0.25) is 0 Å². The van der Waals surface area contributed by atoms with Gasteiger partial charge in [-0.15, -0.1) is 0 Å². The molecule has 2 aliphatic rings. The summed E-state index contributed by atoms with van der Waals surface area (Å²) in [6.07, 6.45) is 1.16. The second-order valence-electron chi connectivity index (χ2n) is 8.23. The van der Waals surface area contributed by atoms with E-state index in [0.29, 0.717) is 12.4 Å². The summed E-state index contributed by atoms with van der Waals surface area (Å²) in [4.78, 5) is 8.70. The molecule has 0 fully saturated rings. The quantitative estimate of drug-likeness (QED) is 0.663. The molecule has 3 aromatic carbocycles. The van der Waals surface area contributed by atoms with E-state index >= 15 is 0 Å². The maximum absolute atomic E-state index is 9.06. The number of nitrogens with one attached hydrogen (secondary N) is 1. The van der Waals surface area contributed by atoms with Crippen LogP contribution in [0.3, 0.4) is 0 Å². The van der Waals surface area contributed by atoms with Crippen molar-refractivity contribution in [2.45, 2.75) is 6.23 Å². The Bertz CT molecular complexity index is 1260. The number of aliphatic imine (C=N–C) groups is 1. The third-order valence-corrected chi connectivity index (χ3v) is 5.94. The van der Waals surface area contributed by atoms with Crippen LogP contribution >= 0.6 is 0 Å². The minimum Gasteiger partial charge on any atom is -0.496 e. The molecule has 0 saturated carbocycles. The maximum Gasteiger partial charge on any atom is 0.221 e. The van der Waals surface area contributed by atoms with Gasteiger partial charge in [0.15, 0.2) is 0 Å². The Labute approximate surface area is 187 Å². The molecule has 6 nitrogen and oxygen atoms in total. The number of methoxy groups -OCH3 is 1. The number of amidine groups is 1. The summed E-state index contributed by atoms with van der Waals surface area (Å²) in [7, 11) is 5.73. The fourth-order valence-electron chi connectivity index (χ4n) is 4.32. The van der Waals surface area contributed by atoms with Crippen LogP contribution in [0.1, 0.15) is 11.1 Å². The van der Waals surface area contributed by atoms with Crippen molar-refractivity contribution in [3.8, 4) is 11.5 Å². The molecule has 0 aromatic heterocycles. The van der Waals surface area contributed by atoms with Crippen LogP contribution < -0.4 is 9.47 Å². The Kier molecular flexibility index (Phi) is 5.15. The molecule has 2 aliphatic heterocycles. The van der Waals surface area contributed by atoms with Crippen molar-refractivity contribution in [2.24, 2.45) is 4.99 Å². The highest BCUT2D eigenvalue weighted by molar-refractivity contribution is 6.14. The summed E-state index contributed by atoms with van der Waals surface area (Å²) >= 11 is 0. The fraction of sp³-hybridized carbons (Fsp3) is 0.231. The van der Waals surface area contributed by atoms with Crippen LogP contribution in [0, 0.1) is 5.41 Å². The molecule has 2 heterocycles. The average Bonchev–Trinajstić information content (AvgIpc) is 2.82. The van der Waals surface area contributed by atoms with Crippen molar-refractivity contribution in [2.75, 3.05) is 34.3 Å². The molecule has 0 amide bonds. The minimum atomic E-state index is -0.573. The Morgan fingerprint density at radius 3 is 2.62 bits per heavy atom. The van der Waals surface area contributed by atoms with Gasteiger partial charge < -0.3 is 19.3 Å². The first-order valence-corrected chi connectivity index (χ1v) is 10.7. The normalized spacial score (nSPS) is 17.4. The topological polar surface area (TPSA) is 61.2 Å². The summed E-state index contributed by atoms with van der Waals surface area (Å²) in [5.74, 6) is 1.97. The van der Waals surface area contributed by atoms with E-state index < -0.39 is 6.23 Å². The maximum atomic E-state index is 9.06. The van der Waals surface area contributed by atoms with Crippen LogP contribution in [-0.2, 0) is 0 Å². The highest BCUT2D eigenvalue weighted by atomic mass is 16.5. The highest BCUT2D eigenvalue weighted by Gasteiger charge is 2.37. The lowest BCUT2D eigenvalue weighted by Crippen LogP contribution is -2.44. The predicted octanol–water partition coefficient (Wildman–Crippen LogP) is 4.25. The summed E-state index contributed by atoms with van der Waals surface area (Å²) in [5, 5.41) is 11.2. The lowest BCUT2D eigenvalue weighted by Gasteiger charge is -2.36. The molecule has 32 heavy (non-hydrogen) atoms. The Balaban J connectivity index is 1.76. The smallest absolute Gasteiger partial charge is 0.221 e.